The van der Waals surface area contributed by atoms with Gasteiger partial charge < -0.3 is 10.5 Å². The van der Waals surface area contributed by atoms with Gasteiger partial charge in [-0.05, 0) is 24.0 Å². The second kappa shape index (κ2) is 5.30. The maximum absolute atomic E-state index is 5.66. The van der Waals surface area contributed by atoms with E-state index >= 15 is 0 Å². The molecule has 0 amide bonds. The summed E-state index contributed by atoms with van der Waals surface area (Å²) in [5, 5.41) is 0. The fraction of sp³-hybridized carbons (Fsp3) is 0.462. The summed E-state index contributed by atoms with van der Waals surface area (Å²) < 4.78 is 5.66. The van der Waals surface area contributed by atoms with Crippen molar-refractivity contribution < 1.29 is 4.74 Å². The maximum Gasteiger partial charge on any atom is 0.119 e. The van der Waals surface area contributed by atoms with E-state index in [1.165, 1.54) is 0 Å². The minimum atomic E-state index is 0.292. The molecule has 2 N–H and O–H groups in total. The van der Waals surface area contributed by atoms with E-state index < -0.39 is 0 Å². The molecule has 0 aliphatic heterocycles. The average Bonchev–Trinajstić information content (AvgIpc) is 2.16. The van der Waals surface area contributed by atoms with E-state index in [0.717, 1.165) is 17.7 Å². The lowest BCUT2D eigenvalue weighted by Gasteiger charge is -2.18. The minimum Gasteiger partial charge on any atom is -0.494 e. The van der Waals surface area contributed by atoms with E-state index in [1.807, 2.05) is 24.3 Å². The fourth-order valence-electron chi connectivity index (χ4n) is 1.21. The number of ether oxygens (including phenoxy) is 1. The smallest absolute Gasteiger partial charge is 0.119 e. The van der Waals surface area contributed by atoms with Crippen LogP contribution < -0.4 is 10.5 Å². The van der Waals surface area contributed by atoms with Crippen molar-refractivity contribution in [1.82, 2.24) is 0 Å². The molecule has 1 aromatic rings. The third-order valence-electron chi connectivity index (χ3n) is 2.24. The Bertz CT molecular complexity index is 368. The average molecular weight is 237 g/mol. The molecule has 0 aliphatic rings. The zero-order valence-corrected chi connectivity index (χ0v) is 10.9. The Morgan fingerprint density at radius 3 is 2.62 bits per heavy atom. The van der Waals surface area contributed by atoms with Crippen molar-refractivity contribution in [2.75, 3.05) is 6.61 Å². The molecule has 0 heterocycles. The van der Waals surface area contributed by atoms with E-state index in [-0.39, 0.29) is 0 Å². The number of hydrogen-bond donors (Lipinski definition) is 1. The number of thiocarbonyl (C=S) groups is 1. The standard InChI is InChI=1S/C13H19NOS/c1-13(2,3)7-8-15-11-6-4-5-10(9-11)12(14)16/h4-6,9H,7-8H2,1-3H3,(H2,14,16). The fourth-order valence-corrected chi connectivity index (χ4v) is 1.34. The SMILES string of the molecule is CC(C)(C)CCOc1cccc(C(N)=S)c1. The van der Waals surface area contributed by atoms with Crippen LogP contribution in [0.5, 0.6) is 5.75 Å². The van der Waals surface area contributed by atoms with E-state index in [1.54, 1.807) is 0 Å². The first-order chi connectivity index (χ1) is 7.38. The summed E-state index contributed by atoms with van der Waals surface area (Å²) in [6, 6.07) is 7.59. The van der Waals surface area contributed by atoms with Gasteiger partial charge in [-0.3, -0.25) is 0 Å². The predicted octanol–water partition coefficient (Wildman–Crippen LogP) is 3.14. The van der Waals surface area contributed by atoms with Crippen molar-refractivity contribution >= 4 is 17.2 Å². The number of nitrogens with two attached hydrogens (primary N) is 1. The molecule has 0 unspecified atom stereocenters. The molecule has 1 rings (SSSR count). The van der Waals surface area contributed by atoms with Crippen molar-refractivity contribution in [3.63, 3.8) is 0 Å². The summed E-state index contributed by atoms with van der Waals surface area (Å²) in [4.78, 5) is 0.404. The number of hydrogen-bond acceptors (Lipinski definition) is 2. The first-order valence-electron chi connectivity index (χ1n) is 5.41. The van der Waals surface area contributed by atoms with E-state index in [9.17, 15) is 0 Å². The molecule has 3 heteroatoms. The van der Waals surface area contributed by atoms with Crippen LogP contribution >= 0.6 is 12.2 Å². The van der Waals surface area contributed by atoms with E-state index in [0.29, 0.717) is 17.0 Å². The quantitative estimate of drug-likeness (QED) is 0.817. The van der Waals surface area contributed by atoms with Crippen LogP contribution in [0.1, 0.15) is 32.8 Å². The van der Waals surface area contributed by atoms with Crippen molar-refractivity contribution in [2.24, 2.45) is 11.1 Å². The zero-order chi connectivity index (χ0) is 12.2. The Balaban J connectivity index is 2.55. The molecule has 0 radical (unpaired) electrons. The van der Waals surface area contributed by atoms with Gasteiger partial charge in [-0.2, -0.15) is 0 Å². The lowest BCUT2D eigenvalue weighted by Crippen LogP contribution is -2.12. The summed E-state index contributed by atoms with van der Waals surface area (Å²) in [6.07, 6.45) is 1.02. The van der Waals surface area contributed by atoms with Crippen LogP contribution in [0.15, 0.2) is 24.3 Å². The molecule has 2 nitrogen and oxygen atoms in total. The molecule has 0 bridgehead atoms. The highest BCUT2D eigenvalue weighted by atomic mass is 32.1. The topological polar surface area (TPSA) is 35.2 Å². The van der Waals surface area contributed by atoms with Crippen LogP contribution in [0.2, 0.25) is 0 Å². The van der Waals surface area contributed by atoms with Gasteiger partial charge in [0.15, 0.2) is 0 Å². The van der Waals surface area contributed by atoms with Gasteiger partial charge in [-0.15, -0.1) is 0 Å². The first kappa shape index (κ1) is 13.0. The van der Waals surface area contributed by atoms with Gasteiger partial charge in [-0.1, -0.05) is 45.1 Å². The van der Waals surface area contributed by atoms with Crippen LogP contribution in [0.4, 0.5) is 0 Å². The Kier molecular flexibility index (Phi) is 4.30. The van der Waals surface area contributed by atoms with Crippen LogP contribution in [-0.4, -0.2) is 11.6 Å². The summed E-state index contributed by atoms with van der Waals surface area (Å²) in [7, 11) is 0. The van der Waals surface area contributed by atoms with Crippen LogP contribution in [0.3, 0.4) is 0 Å². The van der Waals surface area contributed by atoms with Gasteiger partial charge in [0, 0.05) is 5.56 Å². The molecule has 0 spiro atoms. The van der Waals surface area contributed by atoms with Crippen molar-refractivity contribution in [3.05, 3.63) is 29.8 Å². The number of benzene rings is 1. The molecular weight excluding hydrogens is 218 g/mol. The summed E-state index contributed by atoms with van der Waals surface area (Å²) in [5.41, 5.74) is 6.70. The molecule has 88 valence electrons. The van der Waals surface area contributed by atoms with Crippen LogP contribution in [0.25, 0.3) is 0 Å². The lowest BCUT2D eigenvalue weighted by atomic mass is 9.93. The predicted molar refractivity (Wildman–Crippen MR) is 71.9 cm³/mol. The molecule has 0 aromatic heterocycles. The van der Waals surface area contributed by atoms with E-state index in [4.69, 9.17) is 22.7 Å². The molecule has 0 aliphatic carbocycles. The maximum atomic E-state index is 5.66. The van der Waals surface area contributed by atoms with Gasteiger partial charge >= 0.3 is 0 Å². The molecule has 0 saturated heterocycles. The molecule has 1 aromatic carbocycles. The van der Waals surface area contributed by atoms with Crippen molar-refractivity contribution in [1.29, 1.82) is 0 Å². The van der Waals surface area contributed by atoms with Crippen molar-refractivity contribution in [3.8, 4) is 5.75 Å². The molecular formula is C13H19NOS. The Morgan fingerprint density at radius 2 is 2.06 bits per heavy atom. The Hall–Kier alpha value is -1.09. The van der Waals surface area contributed by atoms with Crippen LogP contribution in [-0.2, 0) is 0 Å². The van der Waals surface area contributed by atoms with Crippen molar-refractivity contribution in [2.45, 2.75) is 27.2 Å². The lowest BCUT2D eigenvalue weighted by molar-refractivity contribution is 0.243. The second-order valence-corrected chi connectivity index (χ2v) is 5.49. The third kappa shape index (κ3) is 4.62. The summed E-state index contributed by atoms with van der Waals surface area (Å²) >= 11 is 4.92. The zero-order valence-electron chi connectivity index (χ0n) is 10.1. The highest BCUT2D eigenvalue weighted by molar-refractivity contribution is 7.80. The molecule has 0 fully saturated rings. The second-order valence-electron chi connectivity index (χ2n) is 5.05. The van der Waals surface area contributed by atoms with Gasteiger partial charge in [0.1, 0.15) is 10.7 Å². The largest absolute Gasteiger partial charge is 0.494 e. The van der Waals surface area contributed by atoms with Gasteiger partial charge in [-0.25, -0.2) is 0 Å². The molecule has 0 saturated carbocycles. The third-order valence-corrected chi connectivity index (χ3v) is 2.48. The van der Waals surface area contributed by atoms with Crippen LogP contribution in [0, 0.1) is 5.41 Å². The Labute approximate surface area is 103 Å². The monoisotopic (exact) mass is 237 g/mol. The van der Waals surface area contributed by atoms with Gasteiger partial charge in [0.2, 0.25) is 0 Å². The normalized spacial score (nSPS) is 11.2. The summed E-state index contributed by atoms with van der Waals surface area (Å²) in [6.45, 7) is 7.30. The highest BCUT2D eigenvalue weighted by Gasteiger charge is 2.09. The number of rotatable bonds is 4. The first-order valence-corrected chi connectivity index (χ1v) is 5.82. The van der Waals surface area contributed by atoms with E-state index in [2.05, 4.69) is 20.8 Å². The summed E-state index contributed by atoms with van der Waals surface area (Å²) in [5.74, 6) is 0.828. The minimum absolute atomic E-state index is 0.292. The van der Waals surface area contributed by atoms with Gasteiger partial charge in [0.05, 0.1) is 6.61 Å². The molecule has 16 heavy (non-hydrogen) atoms. The molecule has 0 atom stereocenters. The van der Waals surface area contributed by atoms with Gasteiger partial charge in [0.25, 0.3) is 0 Å². The Morgan fingerprint density at radius 1 is 1.38 bits per heavy atom. The highest BCUT2D eigenvalue weighted by Crippen LogP contribution is 2.20.